The number of piperidine rings is 2. The second kappa shape index (κ2) is 14.4. The molecule has 0 spiro atoms. The van der Waals surface area contributed by atoms with Gasteiger partial charge in [0.15, 0.2) is 0 Å². The number of rotatable bonds is 9. The summed E-state index contributed by atoms with van der Waals surface area (Å²) in [6.07, 6.45) is 9.59. The minimum atomic E-state index is -0.678. The number of esters is 2. The number of hydrogen-bond donors (Lipinski definition) is 1. The number of nitrogens with one attached hydrogen (secondary N) is 1. The van der Waals surface area contributed by atoms with Crippen LogP contribution < -0.4 is 10.2 Å². The smallest absolute Gasteiger partial charge is 0.311 e. The van der Waals surface area contributed by atoms with Crippen LogP contribution in [0, 0.1) is 5.92 Å². The Hall–Kier alpha value is -3.35. The van der Waals surface area contributed by atoms with E-state index < -0.39 is 11.2 Å². The van der Waals surface area contributed by atoms with Gasteiger partial charge in [0, 0.05) is 55.9 Å². The highest BCUT2D eigenvalue weighted by molar-refractivity contribution is 6.30. The zero-order valence-electron chi connectivity index (χ0n) is 26.1. The molecular weight excluding hydrogens is 584 g/mol. The third kappa shape index (κ3) is 7.73. The Labute approximate surface area is 272 Å². The Morgan fingerprint density at radius 3 is 2.11 bits per heavy atom. The molecule has 3 fully saturated rings. The van der Waals surface area contributed by atoms with Crippen LogP contribution in [-0.2, 0) is 36.7 Å². The lowest BCUT2D eigenvalue weighted by Crippen LogP contribution is -2.46. The van der Waals surface area contributed by atoms with Gasteiger partial charge >= 0.3 is 11.9 Å². The molecule has 7 heteroatoms. The fourth-order valence-electron chi connectivity index (χ4n) is 7.49. The van der Waals surface area contributed by atoms with Crippen LogP contribution >= 0.6 is 11.6 Å². The van der Waals surface area contributed by atoms with Gasteiger partial charge in [-0.3, -0.25) is 9.59 Å². The summed E-state index contributed by atoms with van der Waals surface area (Å²) >= 11 is 6.04. The molecule has 3 aliphatic rings. The number of carbonyl (C=O) groups is 2. The Morgan fingerprint density at radius 2 is 1.40 bits per heavy atom. The lowest BCUT2D eigenvalue weighted by molar-refractivity contribution is -0.165. The minimum Gasteiger partial charge on any atom is -0.454 e. The first kappa shape index (κ1) is 31.6. The maximum atomic E-state index is 13.3. The van der Waals surface area contributed by atoms with Crippen molar-refractivity contribution in [2.45, 2.75) is 81.8 Å². The van der Waals surface area contributed by atoms with Crippen molar-refractivity contribution in [2.75, 3.05) is 31.1 Å². The van der Waals surface area contributed by atoms with Crippen molar-refractivity contribution in [1.29, 1.82) is 0 Å². The fraction of sp³-hybridized carbons (Fsp3) is 0.474. The van der Waals surface area contributed by atoms with Gasteiger partial charge in [0.25, 0.3) is 0 Å². The standard InChI is InChI=1S/C38H45ClN2O4/c39-33-16-14-30(15-17-33)27-36(43)44-37(18-22-40-23-19-37)32-12-7-13-34(28-32)41-24-20-38(21-25-41,31-10-5-2-6-11-31)45-35(42)26-29-8-3-1-4-9-29/h2,5-7,10-17,28-29,40H,1,3-4,8-9,18-27H2. The average Bonchev–Trinajstić information content (AvgIpc) is 3.07. The SMILES string of the molecule is O=C(Cc1ccc(Cl)cc1)OC1(c2cccc(N3CCC(OC(=O)CC4CCCCC4)(c4ccccc4)CC3)c2)CCNCC1. The molecule has 45 heavy (non-hydrogen) atoms. The van der Waals surface area contributed by atoms with Gasteiger partial charge in [-0.1, -0.05) is 85.5 Å². The maximum Gasteiger partial charge on any atom is 0.311 e. The van der Waals surface area contributed by atoms with Gasteiger partial charge in [0.2, 0.25) is 0 Å². The summed E-state index contributed by atoms with van der Waals surface area (Å²) in [6, 6.07) is 26.1. The van der Waals surface area contributed by atoms with Gasteiger partial charge < -0.3 is 19.7 Å². The summed E-state index contributed by atoms with van der Waals surface area (Å²) in [5, 5.41) is 4.07. The van der Waals surface area contributed by atoms with E-state index in [1.165, 1.54) is 19.3 Å². The Balaban J connectivity index is 1.17. The largest absolute Gasteiger partial charge is 0.454 e. The Bertz CT molecular complexity index is 1420. The number of carbonyl (C=O) groups excluding carboxylic acids is 2. The number of hydrogen-bond acceptors (Lipinski definition) is 6. The van der Waals surface area contributed by atoms with Gasteiger partial charge in [-0.2, -0.15) is 0 Å². The van der Waals surface area contributed by atoms with E-state index in [0.29, 0.717) is 17.4 Å². The highest BCUT2D eigenvalue weighted by atomic mass is 35.5. The van der Waals surface area contributed by atoms with Crippen LogP contribution in [0.5, 0.6) is 0 Å². The molecule has 6 nitrogen and oxygen atoms in total. The third-order valence-electron chi connectivity index (χ3n) is 10.1. The molecule has 1 saturated carbocycles. The molecule has 3 aromatic rings. The molecule has 0 bridgehead atoms. The van der Waals surface area contributed by atoms with Gasteiger partial charge in [0.1, 0.15) is 11.2 Å². The van der Waals surface area contributed by atoms with Gasteiger partial charge in [-0.05, 0) is 72.8 Å². The van der Waals surface area contributed by atoms with Crippen molar-refractivity contribution < 1.29 is 19.1 Å². The molecule has 0 unspecified atom stereocenters. The van der Waals surface area contributed by atoms with E-state index in [4.69, 9.17) is 21.1 Å². The normalized spacial score (nSPS) is 19.9. The predicted molar refractivity (Wildman–Crippen MR) is 178 cm³/mol. The second-order valence-electron chi connectivity index (χ2n) is 13.1. The van der Waals surface area contributed by atoms with Crippen molar-refractivity contribution in [3.05, 3.63) is 101 Å². The van der Waals surface area contributed by atoms with Crippen molar-refractivity contribution in [3.8, 4) is 0 Å². The number of anilines is 1. The van der Waals surface area contributed by atoms with E-state index in [-0.39, 0.29) is 18.4 Å². The second-order valence-corrected chi connectivity index (χ2v) is 13.5. The van der Waals surface area contributed by atoms with E-state index in [1.807, 2.05) is 30.3 Å². The molecule has 1 aliphatic carbocycles. The number of halogens is 1. The average molecular weight is 629 g/mol. The van der Waals surface area contributed by atoms with Crippen molar-refractivity contribution in [1.82, 2.24) is 5.32 Å². The highest BCUT2D eigenvalue weighted by Crippen LogP contribution is 2.41. The molecular formula is C38H45ClN2O4. The summed E-state index contributed by atoms with van der Waals surface area (Å²) in [5.74, 6) is 0.157. The molecule has 2 saturated heterocycles. The third-order valence-corrected chi connectivity index (χ3v) is 10.3. The van der Waals surface area contributed by atoms with Crippen LogP contribution in [0.25, 0.3) is 0 Å². The quantitative estimate of drug-likeness (QED) is 0.245. The molecule has 1 N–H and O–H groups in total. The summed E-state index contributed by atoms with van der Waals surface area (Å²) < 4.78 is 12.8. The number of ether oxygens (including phenoxy) is 2. The molecule has 3 aromatic carbocycles. The first-order chi connectivity index (χ1) is 21.9. The summed E-state index contributed by atoms with van der Waals surface area (Å²) in [6.45, 7) is 3.10. The number of nitrogens with zero attached hydrogens (tertiary/aromatic N) is 1. The van der Waals surface area contributed by atoms with Crippen LogP contribution in [0.15, 0.2) is 78.9 Å². The highest BCUT2D eigenvalue weighted by Gasteiger charge is 2.42. The van der Waals surface area contributed by atoms with E-state index in [2.05, 4.69) is 46.6 Å². The first-order valence-electron chi connectivity index (χ1n) is 16.7. The molecule has 0 aromatic heterocycles. The Kier molecular flexibility index (Phi) is 10.1. The lowest BCUT2D eigenvalue weighted by atomic mass is 9.82. The van der Waals surface area contributed by atoms with Crippen molar-refractivity contribution in [3.63, 3.8) is 0 Å². The molecule has 2 aliphatic heterocycles. The van der Waals surface area contributed by atoms with Crippen LogP contribution in [0.4, 0.5) is 5.69 Å². The van der Waals surface area contributed by atoms with Crippen molar-refractivity contribution in [2.24, 2.45) is 5.92 Å². The van der Waals surface area contributed by atoms with E-state index in [1.54, 1.807) is 12.1 Å². The van der Waals surface area contributed by atoms with Crippen molar-refractivity contribution >= 4 is 29.2 Å². The maximum absolute atomic E-state index is 13.3. The van der Waals surface area contributed by atoms with Gasteiger partial charge in [-0.25, -0.2) is 0 Å². The Morgan fingerprint density at radius 1 is 0.756 bits per heavy atom. The molecule has 0 atom stereocenters. The minimum absolute atomic E-state index is 0.0607. The first-order valence-corrected chi connectivity index (χ1v) is 17.1. The topological polar surface area (TPSA) is 67.9 Å². The van der Waals surface area contributed by atoms with Crippen LogP contribution in [0.1, 0.15) is 80.9 Å². The van der Waals surface area contributed by atoms with E-state index >= 15 is 0 Å². The van der Waals surface area contributed by atoms with E-state index in [9.17, 15) is 9.59 Å². The molecule has 6 rings (SSSR count). The zero-order valence-corrected chi connectivity index (χ0v) is 26.9. The van der Waals surface area contributed by atoms with Gasteiger partial charge in [0.05, 0.1) is 6.42 Å². The van der Waals surface area contributed by atoms with E-state index in [0.717, 1.165) is 87.1 Å². The zero-order chi connectivity index (χ0) is 31.1. The molecule has 0 radical (unpaired) electrons. The molecule has 2 heterocycles. The van der Waals surface area contributed by atoms with Crippen LogP contribution in [0.3, 0.4) is 0 Å². The molecule has 238 valence electrons. The summed E-state index contributed by atoms with van der Waals surface area (Å²) in [5.41, 5.74) is 2.81. The lowest BCUT2D eigenvalue weighted by Gasteiger charge is -2.43. The summed E-state index contributed by atoms with van der Waals surface area (Å²) in [4.78, 5) is 28.9. The fourth-order valence-corrected chi connectivity index (χ4v) is 7.62. The molecule has 0 amide bonds. The number of benzene rings is 3. The van der Waals surface area contributed by atoms with Crippen LogP contribution in [-0.4, -0.2) is 38.1 Å². The summed E-state index contributed by atoms with van der Waals surface area (Å²) in [7, 11) is 0. The predicted octanol–water partition coefficient (Wildman–Crippen LogP) is 7.71. The van der Waals surface area contributed by atoms with Crippen LogP contribution in [0.2, 0.25) is 5.02 Å². The monoisotopic (exact) mass is 628 g/mol. The van der Waals surface area contributed by atoms with Gasteiger partial charge in [-0.15, -0.1) is 0 Å².